The number of hydrogen-bond donors (Lipinski definition) is 1. The van der Waals surface area contributed by atoms with Crippen molar-refractivity contribution >= 4 is 53.5 Å². The van der Waals surface area contributed by atoms with Crippen molar-refractivity contribution in [3.63, 3.8) is 0 Å². The third-order valence-corrected chi connectivity index (χ3v) is 36.6. The summed E-state index contributed by atoms with van der Waals surface area (Å²) in [5.74, 6) is 5.72. The Kier molecular flexibility index (Phi) is 19.0. The molecular weight excluding hydrogens is 1030 g/mol. The fourth-order valence-electron chi connectivity index (χ4n) is 12.2. The number of aliphatic hydroxyl groups excluding tert-OH is 1. The van der Waals surface area contributed by atoms with Gasteiger partial charge in [-0.1, -0.05) is 216 Å². The van der Waals surface area contributed by atoms with Gasteiger partial charge in [0.1, 0.15) is 34.5 Å². The lowest BCUT2D eigenvalue weighted by Gasteiger charge is -2.44. The maximum absolute atomic E-state index is 11.8. The van der Waals surface area contributed by atoms with Crippen LogP contribution in [-0.2, 0) is 37.3 Å². The molecule has 4 aliphatic heterocycles. The highest BCUT2D eigenvalue weighted by molar-refractivity contribution is 7.00. The van der Waals surface area contributed by atoms with Crippen molar-refractivity contribution < 1.29 is 42.4 Å². The van der Waals surface area contributed by atoms with Crippen molar-refractivity contribution in [3.05, 3.63) is 121 Å². The molecular formula is C64H92O9Si4. The average molecular weight is 1120 g/mol. The van der Waals surface area contributed by atoms with Crippen molar-refractivity contribution in [1.29, 1.82) is 0 Å². The number of ether oxygens (including phenoxy) is 6. The molecule has 1 N–H and O–H groups in total. The number of hydrogen-bond acceptors (Lipinski definition) is 9. The van der Waals surface area contributed by atoms with E-state index in [4.69, 9.17) is 37.3 Å². The zero-order valence-electron chi connectivity index (χ0n) is 49.5. The topological polar surface area (TPSA) is 94.1 Å². The molecule has 0 saturated carbocycles. The highest BCUT2D eigenvalue weighted by Crippen LogP contribution is 2.46. The lowest BCUT2D eigenvalue weighted by atomic mass is 9.97. The standard InChI is InChI=1S/C32H46O5Si2.C32H46O4Si2/c1-9-38(10-2,11-3)23-22-32(28(33)27-29(37-32)36-31(7,8)35-27)24-34-39(30(4,5)6,25-18-14-12-15-19-25)26-20-16-13-17-21-26;1-9-37(10-2,11-3)23-22-32(24-28-29(36-32)35-31(7,8)34-28)25-33-38(30(4,5)6,26-18-14-12-15-19-26)27-20-16-13-17-21-27/h12-21,27-29,33H,9-11,24H2,1-8H3;12-21,28-29H,9-11,24-25H2,1-8H3/t27?,28-,29+,32+;28?,29-,32+/m01/s1. The Morgan fingerprint density at radius 1 is 0.481 bits per heavy atom. The lowest BCUT2D eigenvalue weighted by molar-refractivity contribution is -0.231. The van der Waals surface area contributed by atoms with Crippen LogP contribution in [-0.4, -0.2) is 105 Å². The molecule has 4 aromatic carbocycles. The summed E-state index contributed by atoms with van der Waals surface area (Å²) in [5, 5.41) is 16.3. The molecule has 0 bridgehead atoms. The maximum Gasteiger partial charge on any atom is 0.261 e. The molecule has 0 aliphatic carbocycles. The van der Waals surface area contributed by atoms with Gasteiger partial charge in [0.15, 0.2) is 35.4 Å². The van der Waals surface area contributed by atoms with Crippen molar-refractivity contribution in [2.24, 2.45) is 0 Å². The predicted octanol–water partition coefficient (Wildman–Crippen LogP) is 11.5. The van der Waals surface area contributed by atoms with Crippen LogP contribution in [0.25, 0.3) is 0 Å². The minimum Gasteiger partial charge on any atom is -0.403 e. The summed E-state index contributed by atoms with van der Waals surface area (Å²) in [5.41, 5.74) is 5.49. The number of rotatable bonds is 16. The van der Waals surface area contributed by atoms with Crippen LogP contribution in [0.5, 0.6) is 0 Å². The van der Waals surface area contributed by atoms with Gasteiger partial charge < -0.3 is 42.4 Å². The zero-order chi connectivity index (χ0) is 56.2. The minimum absolute atomic E-state index is 0.121. The maximum atomic E-state index is 11.8. The van der Waals surface area contributed by atoms with Crippen LogP contribution < -0.4 is 20.7 Å². The molecule has 0 radical (unpaired) electrons. The minimum atomic E-state index is -2.89. The first-order valence-electron chi connectivity index (χ1n) is 28.6. The molecule has 4 aromatic rings. The second kappa shape index (κ2) is 23.9. The Morgan fingerprint density at radius 3 is 1.21 bits per heavy atom. The molecule has 0 aromatic heterocycles. The molecule has 7 atom stereocenters. The van der Waals surface area contributed by atoms with Crippen LogP contribution in [0.4, 0.5) is 0 Å². The molecule has 0 amide bonds. The molecule has 418 valence electrons. The Hall–Kier alpha value is -3.49. The molecule has 8 rings (SSSR count). The smallest absolute Gasteiger partial charge is 0.261 e. The second-order valence-electron chi connectivity index (χ2n) is 24.9. The third-order valence-electron chi connectivity index (χ3n) is 17.2. The molecule has 0 spiro atoms. The van der Waals surface area contributed by atoms with E-state index in [1.54, 1.807) is 0 Å². The van der Waals surface area contributed by atoms with E-state index in [2.05, 4.69) is 215 Å². The normalized spacial score (nSPS) is 25.9. The molecule has 4 aliphatic rings. The van der Waals surface area contributed by atoms with Gasteiger partial charge in [0, 0.05) is 6.42 Å². The van der Waals surface area contributed by atoms with Gasteiger partial charge in [0.05, 0.1) is 13.2 Å². The molecule has 4 fully saturated rings. The first kappa shape index (κ1) is 61.1. The Bertz CT molecular complexity index is 2550. The van der Waals surface area contributed by atoms with Gasteiger partial charge >= 0.3 is 0 Å². The first-order chi connectivity index (χ1) is 36.3. The van der Waals surface area contributed by atoms with E-state index in [1.165, 1.54) is 20.7 Å². The van der Waals surface area contributed by atoms with Gasteiger partial charge in [-0.3, -0.25) is 0 Å². The predicted molar refractivity (Wildman–Crippen MR) is 323 cm³/mol. The van der Waals surface area contributed by atoms with E-state index < -0.39 is 80.3 Å². The van der Waals surface area contributed by atoms with Crippen molar-refractivity contribution in [3.8, 4) is 22.9 Å². The van der Waals surface area contributed by atoms with Crippen LogP contribution in [0.1, 0.15) is 117 Å². The van der Waals surface area contributed by atoms with Crippen LogP contribution in [0.3, 0.4) is 0 Å². The highest BCUT2D eigenvalue weighted by Gasteiger charge is 2.63. The van der Waals surface area contributed by atoms with E-state index in [9.17, 15) is 5.11 Å². The molecule has 9 nitrogen and oxygen atoms in total. The quantitative estimate of drug-likeness (QED) is 0.0870. The molecule has 4 saturated heterocycles. The summed E-state index contributed by atoms with van der Waals surface area (Å²) >= 11 is 0. The van der Waals surface area contributed by atoms with E-state index in [1.807, 2.05) is 39.8 Å². The van der Waals surface area contributed by atoms with E-state index in [0.29, 0.717) is 13.0 Å². The lowest BCUT2D eigenvalue weighted by Crippen LogP contribution is -2.68. The summed E-state index contributed by atoms with van der Waals surface area (Å²) in [6, 6.07) is 49.2. The van der Waals surface area contributed by atoms with Crippen LogP contribution in [0.2, 0.25) is 46.3 Å². The first-order valence-corrected chi connectivity index (χ1v) is 37.7. The fraction of sp³-hybridized carbons (Fsp3) is 0.562. The van der Waals surface area contributed by atoms with Gasteiger partial charge in [-0.2, -0.15) is 0 Å². The number of aliphatic hydroxyl groups is 1. The van der Waals surface area contributed by atoms with Gasteiger partial charge in [-0.15, -0.1) is 11.1 Å². The number of benzene rings is 4. The van der Waals surface area contributed by atoms with Crippen LogP contribution in [0, 0.1) is 22.9 Å². The molecule has 77 heavy (non-hydrogen) atoms. The van der Waals surface area contributed by atoms with Gasteiger partial charge in [-0.25, -0.2) is 0 Å². The SMILES string of the molecule is CC[Si](C#C[C@@]1(CO[Si](c2ccccc2)(c2ccccc2)C(C)(C)C)CC2OC(C)(C)O[C@@H]2O1)(CC)CC.CC[Si](C#C[C@]1(CO[Si](c2ccccc2)(c2ccccc2)C(C)(C)C)O[C@H]2OC(C)(C)OC2[C@@H]1O)(CC)CC. The second-order valence-corrected chi connectivity index (χ2v) is 43.3. The van der Waals surface area contributed by atoms with Crippen molar-refractivity contribution in [2.75, 3.05) is 13.2 Å². The van der Waals surface area contributed by atoms with Crippen LogP contribution in [0.15, 0.2) is 121 Å². The van der Waals surface area contributed by atoms with Crippen LogP contribution >= 0.6 is 0 Å². The Morgan fingerprint density at radius 2 is 0.844 bits per heavy atom. The molecule has 4 heterocycles. The molecule has 2 unspecified atom stereocenters. The summed E-state index contributed by atoms with van der Waals surface area (Å²) < 4.78 is 52.5. The largest absolute Gasteiger partial charge is 0.403 e. The Balaban J connectivity index is 0.000000224. The molecule has 13 heteroatoms. The summed E-state index contributed by atoms with van der Waals surface area (Å²) in [7, 11) is -9.18. The van der Waals surface area contributed by atoms with Crippen molar-refractivity contribution in [1.82, 2.24) is 0 Å². The van der Waals surface area contributed by atoms with Gasteiger partial charge in [-0.05, 0) is 94.8 Å². The highest BCUT2D eigenvalue weighted by atomic mass is 28.4. The van der Waals surface area contributed by atoms with Crippen molar-refractivity contribution in [2.45, 2.75) is 217 Å². The van der Waals surface area contributed by atoms with E-state index in [-0.39, 0.29) is 22.8 Å². The van der Waals surface area contributed by atoms with Gasteiger partial charge in [0.2, 0.25) is 0 Å². The fourth-order valence-corrected chi connectivity index (χ4v) is 26.4. The van der Waals surface area contributed by atoms with E-state index in [0.717, 1.165) is 36.3 Å². The average Bonchev–Trinajstić information content (AvgIpc) is 4.15. The number of fused-ring (bicyclic) bond motifs is 2. The van der Waals surface area contributed by atoms with E-state index >= 15 is 0 Å². The zero-order valence-corrected chi connectivity index (χ0v) is 53.5. The third kappa shape index (κ3) is 12.5. The summed E-state index contributed by atoms with van der Waals surface area (Å²) in [6.07, 6.45) is -2.27. The van der Waals surface area contributed by atoms with Gasteiger partial charge in [0.25, 0.3) is 16.6 Å². The summed E-state index contributed by atoms with van der Waals surface area (Å²) in [6.45, 7) is 35.3. The summed E-state index contributed by atoms with van der Waals surface area (Å²) in [4.78, 5) is 0. The Labute approximate surface area is 468 Å². The monoisotopic (exact) mass is 1120 g/mol.